The number of aliphatic hydroxyl groups excluding tert-OH is 1. The summed E-state index contributed by atoms with van der Waals surface area (Å²) in [4.78, 5) is 0. The Morgan fingerprint density at radius 1 is 1.19 bits per heavy atom. The van der Waals surface area contributed by atoms with E-state index in [2.05, 4.69) is 10.4 Å². The van der Waals surface area contributed by atoms with Crippen molar-refractivity contribution in [2.24, 2.45) is 0 Å². The van der Waals surface area contributed by atoms with Gasteiger partial charge in [0.15, 0.2) is 0 Å². The molecule has 0 saturated heterocycles. The summed E-state index contributed by atoms with van der Waals surface area (Å²) in [5.74, 6) is 0. The number of alkyl halides is 3. The third-order valence-electron chi connectivity index (χ3n) is 2.98. The number of nitrogens with one attached hydrogen (secondary N) is 1. The molecule has 1 heterocycles. The van der Waals surface area contributed by atoms with Gasteiger partial charge in [-0.2, -0.15) is 18.3 Å². The van der Waals surface area contributed by atoms with Crippen LogP contribution in [0.2, 0.25) is 0 Å². The van der Waals surface area contributed by atoms with Gasteiger partial charge in [-0.3, -0.25) is 4.68 Å². The van der Waals surface area contributed by atoms with Gasteiger partial charge >= 0.3 is 6.18 Å². The Bertz CT molecular complexity index is 581. The van der Waals surface area contributed by atoms with Crippen molar-refractivity contribution >= 4 is 0 Å². The van der Waals surface area contributed by atoms with Crippen LogP contribution in [0, 0.1) is 0 Å². The molecule has 0 radical (unpaired) electrons. The highest BCUT2D eigenvalue weighted by atomic mass is 19.4. The van der Waals surface area contributed by atoms with E-state index in [0.717, 1.165) is 11.6 Å². The Balaban J connectivity index is 1.94. The smallest absolute Gasteiger partial charge is 0.394 e. The minimum Gasteiger partial charge on any atom is -0.394 e. The monoisotopic (exact) mass is 299 g/mol. The zero-order chi connectivity index (χ0) is 15.3. The molecule has 0 saturated carbocycles. The average Bonchev–Trinajstić information content (AvgIpc) is 2.86. The Labute approximate surface area is 120 Å². The molecular weight excluding hydrogens is 283 g/mol. The maximum absolute atomic E-state index is 12.8. The first-order valence-electron chi connectivity index (χ1n) is 6.48. The Morgan fingerprint density at radius 3 is 2.67 bits per heavy atom. The number of rotatable bonds is 6. The molecule has 0 unspecified atom stereocenters. The van der Waals surface area contributed by atoms with Crippen LogP contribution in [0.5, 0.6) is 0 Å². The van der Waals surface area contributed by atoms with Gasteiger partial charge < -0.3 is 10.4 Å². The Hall–Kier alpha value is -1.86. The molecule has 0 aliphatic carbocycles. The molecule has 1 aromatic carbocycles. The van der Waals surface area contributed by atoms with E-state index < -0.39 is 11.7 Å². The molecule has 0 amide bonds. The number of halogens is 3. The standard InChI is InChI=1S/C14H16F3N3O/c15-14(16,17)13-4-2-1-3-12(13)9-18-7-11-8-19-20(10-11)5-6-21/h1-4,8,10,18,21H,5-7,9H2. The zero-order valence-corrected chi connectivity index (χ0v) is 11.3. The first-order valence-corrected chi connectivity index (χ1v) is 6.48. The van der Waals surface area contributed by atoms with Gasteiger partial charge in [0.25, 0.3) is 0 Å². The summed E-state index contributed by atoms with van der Waals surface area (Å²) in [5.41, 5.74) is 0.453. The fourth-order valence-corrected chi connectivity index (χ4v) is 2.01. The van der Waals surface area contributed by atoms with E-state index in [9.17, 15) is 13.2 Å². The number of benzene rings is 1. The third kappa shape index (κ3) is 4.30. The molecule has 2 N–H and O–H groups in total. The molecule has 0 atom stereocenters. The molecule has 1 aromatic heterocycles. The molecule has 0 spiro atoms. The lowest BCUT2D eigenvalue weighted by Gasteiger charge is -2.12. The van der Waals surface area contributed by atoms with Crippen LogP contribution in [0.15, 0.2) is 36.7 Å². The SMILES string of the molecule is OCCn1cc(CNCc2ccccc2C(F)(F)F)cn1. The molecule has 2 aromatic rings. The van der Waals surface area contributed by atoms with Gasteiger partial charge in [-0.25, -0.2) is 0 Å². The molecule has 0 aliphatic heterocycles. The van der Waals surface area contributed by atoms with Crippen LogP contribution in [-0.4, -0.2) is 21.5 Å². The first-order chi connectivity index (χ1) is 10.0. The van der Waals surface area contributed by atoms with E-state index in [-0.39, 0.29) is 18.7 Å². The van der Waals surface area contributed by atoms with Crippen LogP contribution in [-0.2, 0) is 25.8 Å². The van der Waals surface area contributed by atoms with Gasteiger partial charge in [-0.05, 0) is 11.6 Å². The zero-order valence-electron chi connectivity index (χ0n) is 11.3. The van der Waals surface area contributed by atoms with Crippen molar-refractivity contribution < 1.29 is 18.3 Å². The van der Waals surface area contributed by atoms with Crippen molar-refractivity contribution in [1.29, 1.82) is 0 Å². The first kappa shape index (κ1) is 15.5. The molecular formula is C14H16F3N3O. The van der Waals surface area contributed by atoms with Crippen molar-refractivity contribution in [2.75, 3.05) is 6.61 Å². The summed E-state index contributed by atoms with van der Waals surface area (Å²) in [6, 6.07) is 5.51. The summed E-state index contributed by atoms with van der Waals surface area (Å²) in [7, 11) is 0. The second kappa shape index (κ2) is 6.73. The number of hydrogen-bond acceptors (Lipinski definition) is 3. The van der Waals surface area contributed by atoms with Gasteiger partial charge in [0.1, 0.15) is 0 Å². The number of aliphatic hydroxyl groups is 1. The third-order valence-corrected chi connectivity index (χ3v) is 2.98. The highest BCUT2D eigenvalue weighted by Crippen LogP contribution is 2.31. The second-order valence-corrected chi connectivity index (χ2v) is 4.59. The van der Waals surface area contributed by atoms with E-state index in [1.807, 2.05) is 0 Å². The fourth-order valence-electron chi connectivity index (χ4n) is 2.01. The Kier molecular flexibility index (Phi) is 4.98. The van der Waals surface area contributed by atoms with E-state index >= 15 is 0 Å². The van der Waals surface area contributed by atoms with Crippen LogP contribution in [0.4, 0.5) is 13.2 Å². The lowest BCUT2D eigenvalue weighted by Crippen LogP contribution is -2.17. The summed E-state index contributed by atoms with van der Waals surface area (Å²) < 4.78 is 40.0. The molecule has 0 bridgehead atoms. The molecule has 0 aliphatic rings. The Morgan fingerprint density at radius 2 is 1.95 bits per heavy atom. The largest absolute Gasteiger partial charge is 0.416 e. The van der Waals surface area contributed by atoms with Crippen LogP contribution < -0.4 is 5.32 Å². The molecule has 0 fully saturated rings. The summed E-state index contributed by atoms with van der Waals surface area (Å²) in [5, 5.41) is 15.8. The van der Waals surface area contributed by atoms with E-state index in [0.29, 0.717) is 13.1 Å². The number of nitrogens with zero attached hydrogens (tertiary/aromatic N) is 2. The van der Waals surface area contributed by atoms with Crippen molar-refractivity contribution in [2.45, 2.75) is 25.8 Å². The van der Waals surface area contributed by atoms with E-state index in [1.165, 1.54) is 12.1 Å². The van der Waals surface area contributed by atoms with Gasteiger partial charge in [-0.15, -0.1) is 0 Å². The maximum Gasteiger partial charge on any atom is 0.416 e. The minimum atomic E-state index is -4.34. The van der Waals surface area contributed by atoms with Gasteiger partial charge in [0, 0.05) is 24.8 Å². The molecule has 4 nitrogen and oxygen atoms in total. The molecule has 7 heteroatoms. The van der Waals surface area contributed by atoms with Crippen molar-refractivity contribution in [1.82, 2.24) is 15.1 Å². The topological polar surface area (TPSA) is 50.1 Å². The second-order valence-electron chi connectivity index (χ2n) is 4.59. The van der Waals surface area contributed by atoms with Crippen LogP contribution in [0.1, 0.15) is 16.7 Å². The quantitative estimate of drug-likeness (QED) is 0.859. The molecule has 21 heavy (non-hydrogen) atoms. The maximum atomic E-state index is 12.8. The lowest BCUT2D eigenvalue weighted by atomic mass is 10.1. The normalized spacial score (nSPS) is 11.8. The molecule has 2 rings (SSSR count). The van der Waals surface area contributed by atoms with E-state index in [4.69, 9.17) is 5.11 Å². The van der Waals surface area contributed by atoms with Crippen LogP contribution >= 0.6 is 0 Å². The summed E-state index contributed by atoms with van der Waals surface area (Å²) in [6.45, 7) is 0.933. The summed E-state index contributed by atoms with van der Waals surface area (Å²) in [6.07, 6.45) is -0.971. The average molecular weight is 299 g/mol. The van der Waals surface area contributed by atoms with Gasteiger partial charge in [-0.1, -0.05) is 18.2 Å². The van der Waals surface area contributed by atoms with Crippen molar-refractivity contribution in [3.05, 3.63) is 53.3 Å². The number of aromatic nitrogens is 2. The lowest BCUT2D eigenvalue weighted by molar-refractivity contribution is -0.138. The number of hydrogen-bond donors (Lipinski definition) is 2. The summed E-state index contributed by atoms with van der Waals surface area (Å²) >= 11 is 0. The van der Waals surface area contributed by atoms with Gasteiger partial charge in [0.05, 0.1) is 24.9 Å². The van der Waals surface area contributed by atoms with Crippen molar-refractivity contribution in [3.8, 4) is 0 Å². The predicted octanol–water partition coefficient (Wildman–Crippen LogP) is 2.18. The van der Waals surface area contributed by atoms with E-state index in [1.54, 1.807) is 23.1 Å². The van der Waals surface area contributed by atoms with Gasteiger partial charge in [0.2, 0.25) is 0 Å². The molecule has 114 valence electrons. The van der Waals surface area contributed by atoms with Crippen LogP contribution in [0.25, 0.3) is 0 Å². The minimum absolute atomic E-state index is 0.00644. The van der Waals surface area contributed by atoms with Crippen LogP contribution in [0.3, 0.4) is 0 Å². The highest BCUT2D eigenvalue weighted by molar-refractivity contribution is 5.29. The predicted molar refractivity (Wildman–Crippen MR) is 71.3 cm³/mol. The highest BCUT2D eigenvalue weighted by Gasteiger charge is 2.32. The fraction of sp³-hybridized carbons (Fsp3) is 0.357. The van der Waals surface area contributed by atoms with Crippen molar-refractivity contribution in [3.63, 3.8) is 0 Å².